The van der Waals surface area contributed by atoms with Gasteiger partial charge >= 0.3 is 0 Å². The molecule has 1 fully saturated rings. The minimum atomic E-state index is -1.34. The summed E-state index contributed by atoms with van der Waals surface area (Å²) in [6.45, 7) is 16.1. The molecule has 4 nitrogen and oxygen atoms in total. The second-order valence-corrected chi connectivity index (χ2v) is 20.0. The van der Waals surface area contributed by atoms with Gasteiger partial charge in [-0.25, -0.2) is 0 Å². The van der Waals surface area contributed by atoms with E-state index < -0.39 is 8.07 Å². The molecule has 1 radical (unpaired) electrons. The third kappa shape index (κ3) is 8.66. The maximum atomic E-state index is 6.18. The maximum Gasteiger partial charge on any atom is 0.119 e. The van der Waals surface area contributed by atoms with Crippen molar-refractivity contribution in [3.05, 3.63) is 108 Å². The van der Waals surface area contributed by atoms with E-state index in [4.69, 9.17) is 9.40 Å². The van der Waals surface area contributed by atoms with Crippen LogP contribution < -0.4 is 5.19 Å². The van der Waals surface area contributed by atoms with Crippen LogP contribution >= 0.6 is 0 Å². The molecule has 257 valence electrons. The van der Waals surface area contributed by atoms with Crippen molar-refractivity contribution in [1.29, 1.82) is 0 Å². The van der Waals surface area contributed by atoms with Crippen molar-refractivity contribution < 1.29 is 24.5 Å². The van der Waals surface area contributed by atoms with Gasteiger partial charge in [0.15, 0.2) is 0 Å². The molecule has 0 spiro atoms. The van der Waals surface area contributed by atoms with Crippen LogP contribution in [0.25, 0.3) is 44.6 Å². The fourth-order valence-corrected chi connectivity index (χ4v) is 8.77. The first-order valence-corrected chi connectivity index (χ1v) is 21.2. The molecule has 0 bridgehead atoms. The number of aromatic nitrogens is 3. The van der Waals surface area contributed by atoms with Crippen molar-refractivity contribution in [2.24, 2.45) is 11.8 Å². The number of aryl methyl sites for hydroxylation is 1. The smallest absolute Gasteiger partial charge is 0.119 e. The quantitative estimate of drug-likeness (QED) is 0.119. The van der Waals surface area contributed by atoms with E-state index in [1.807, 2.05) is 49.5 Å². The zero-order valence-electron chi connectivity index (χ0n) is 30.1. The average Bonchev–Trinajstić information content (AvgIpc) is 3.46. The van der Waals surface area contributed by atoms with Crippen molar-refractivity contribution in [2.75, 3.05) is 0 Å². The summed E-state index contributed by atoms with van der Waals surface area (Å²) in [5, 5.41) is 2.54. The molecule has 2 aromatic carbocycles. The van der Waals surface area contributed by atoms with E-state index in [1.165, 1.54) is 48.4 Å². The summed E-state index contributed by atoms with van der Waals surface area (Å²) in [5.74, 6) is 2.00. The van der Waals surface area contributed by atoms with Crippen molar-refractivity contribution >= 4 is 35.3 Å². The Bertz CT molecular complexity index is 1990. The van der Waals surface area contributed by atoms with Crippen LogP contribution in [0.3, 0.4) is 0 Å². The molecule has 0 saturated heterocycles. The number of para-hydroxylation sites is 1. The van der Waals surface area contributed by atoms with Gasteiger partial charge in [0.05, 0.1) is 19.2 Å². The normalized spacial score (nSPS) is 14.4. The van der Waals surface area contributed by atoms with Gasteiger partial charge in [0, 0.05) is 37.9 Å². The molecule has 1 saturated carbocycles. The first-order valence-electron chi connectivity index (χ1n) is 17.7. The van der Waals surface area contributed by atoms with Gasteiger partial charge in [-0.15, -0.1) is 47.5 Å². The van der Waals surface area contributed by atoms with E-state index in [2.05, 4.69) is 99.0 Å². The first-order chi connectivity index (χ1) is 23.1. The van der Waals surface area contributed by atoms with Gasteiger partial charge in [0.1, 0.15) is 5.58 Å². The molecule has 49 heavy (non-hydrogen) atoms. The predicted octanol–water partition coefficient (Wildman–Crippen LogP) is 11.1. The summed E-state index contributed by atoms with van der Waals surface area (Å²) in [6.07, 6.45) is 12.0. The van der Waals surface area contributed by atoms with E-state index in [1.54, 1.807) is 0 Å². The summed E-state index contributed by atoms with van der Waals surface area (Å²) in [5.41, 5.74) is 10.2. The molecule has 1 aliphatic rings. The van der Waals surface area contributed by atoms with E-state index in [-0.39, 0.29) is 20.1 Å². The molecule has 1 aliphatic carbocycles. The van der Waals surface area contributed by atoms with Gasteiger partial charge in [0.2, 0.25) is 0 Å². The molecule has 7 rings (SSSR count). The van der Waals surface area contributed by atoms with Gasteiger partial charge in [-0.1, -0.05) is 101 Å². The molecule has 1 atom stereocenters. The van der Waals surface area contributed by atoms with Crippen molar-refractivity contribution in [1.82, 2.24) is 15.0 Å². The number of nitrogens with zero attached hydrogens (tertiary/aromatic N) is 3. The van der Waals surface area contributed by atoms with E-state index >= 15 is 0 Å². The molecule has 4 aromatic heterocycles. The van der Waals surface area contributed by atoms with Crippen LogP contribution in [0, 0.1) is 30.9 Å². The third-order valence-corrected chi connectivity index (χ3v) is 11.8. The minimum absolute atomic E-state index is 0. The Morgan fingerprint density at radius 2 is 1.65 bits per heavy atom. The van der Waals surface area contributed by atoms with Gasteiger partial charge < -0.3 is 14.4 Å². The molecule has 0 amide bonds. The second kappa shape index (κ2) is 16.1. The number of fused-ring (bicyclic) bond motifs is 3. The van der Waals surface area contributed by atoms with Gasteiger partial charge in [-0.05, 0) is 78.3 Å². The Kier molecular flexibility index (Phi) is 12.1. The maximum absolute atomic E-state index is 6.18. The van der Waals surface area contributed by atoms with E-state index in [0.717, 1.165) is 62.6 Å². The summed E-state index contributed by atoms with van der Waals surface area (Å²) in [6, 6.07) is 29.5. The zero-order chi connectivity index (χ0) is 33.8. The van der Waals surface area contributed by atoms with Crippen LogP contribution in [0.5, 0.6) is 0 Å². The summed E-state index contributed by atoms with van der Waals surface area (Å²) in [7, 11) is -1.34. The van der Waals surface area contributed by atoms with Crippen LogP contribution in [0.15, 0.2) is 83.5 Å². The number of hydrogen-bond acceptors (Lipinski definition) is 4. The van der Waals surface area contributed by atoms with Crippen LogP contribution in [0.4, 0.5) is 0 Å². The standard InChI is InChI=1S/C25H25N2O.C18H24NSi.Ir/c1-16-14-21(25-24(27-16)20-10-6-7-11-23(20)28-25)22-15-19(12-13-26-22)17(2)18-8-4-3-5-9-18;1-14(2)11-16-12-17(15-9-7-6-8-10-15)19-13-18(16)20(3,4)5;/h6-7,10-13,15,17-18H,3-5,8-9H2,1-2H3;6-9,12-14H,11H2,1-5H3;/q2*-1;. The Labute approximate surface area is 307 Å². The molecule has 0 N–H and O–H groups in total. The summed E-state index contributed by atoms with van der Waals surface area (Å²) < 4.78 is 6.18. The van der Waals surface area contributed by atoms with Gasteiger partial charge in [0.25, 0.3) is 0 Å². The third-order valence-electron chi connectivity index (χ3n) is 9.72. The number of rotatable bonds is 7. The van der Waals surface area contributed by atoms with Crippen LogP contribution in [0.2, 0.25) is 19.6 Å². The van der Waals surface area contributed by atoms with Gasteiger partial charge in [-0.3, -0.25) is 4.98 Å². The monoisotopic (exact) mass is 844 g/mol. The Balaban J connectivity index is 0.000000199. The zero-order valence-corrected chi connectivity index (χ0v) is 33.5. The first kappa shape index (κ1) is 36.8. The topological polar surface area (TPSA) is 51.8 Å². The van der Waals surface area contributed by atoms with Gasteiger partial charge in [-0.2, -0.15) is 0 Å². The van der Waals surface area contributed by atoms with Crippen molar-refractivity contribution in [3.8, 4) is 22.5 Å². The number of furan rings is 1. The minimum Gasteiger partial charge on any atom is -0.513 e. The van der Waals surface area contributed by atoms with Crippen molar-refractivity contribution in [3.63, 3.8) is 0 Å². The molecular formula is C43H49IrN3OSi-2. The van der Waals surface area contributed by atoms with E-state index in [9.17, 15) is 0 Å². The molecule has 0 aliphatic heterocycles. The average molecular weight is 844 g/mol. The summed E-state index contributed by atoms with van der Waals surface area (Å²) in [4.78, 5) is 14.1. The fraction of sp³-hybridized carbons (Fsp3) is 0.372. The van der Waals surface area contributed by atoms with Crippen molar-refractivity contribution in [2.45, 2.75) is 91.8 Å². The molecule has 6 heteroatoms. The molecular weight excluding hydrogens is 795 g/mol. The van der Waals surface area contributed by atoms with Crippen LogP contribution in [0.1, 0.15) is 75.6 Å². The second-order valence-electron chi connectivity index (χ2n) is 15.0. The van der Waals surface area contributed by atoms with E-state index in [0.29, 0.717) is 11.8 Å². The number of pyridine rings is 3. The molecule has 6 aromatic rings. The number of hydrogen-bond donors (Lipinski definition) is 0. The van der Waals surface area contributed by atoms with Crippen LogP contribution in [-0.2, 0) is 26.5 Å². The fourth-order valence-electron chi connectivity index (χ4n) is 7.18. The largest absolute Gasteiger partial charge is 0.513 e. The Morgan fingerprint density at radius 1 is 0.898 bits per heavy atom. The molecule has 4 heterocycles. The predicted molar refractivity (Wildman–Crippen MR) is 203 cm³/mol. The Morgan fingerprint density at radius 3 is 2.37 bits per heavy atom. The molecule has 1 unspecified atom stereocenters. The van der Waals surface area contributed by atoms with Crippen LogP contribution in [-0.4, -0.2) is 23.0 Å². The SMILES string of the molecule is CC(C)Cc1cc(-c2[c-]cccc2)ncc1[Si](C)(C)C.Cc1[c-]c(-c2cc(C(C)C3CCCCC3)ccn2)c2oc3ccccc3c2n1.[Ir]. The number of benzene rings is 2. The summed E-state index contributed by atoms with van der Waals surface area (Å²) >= 11 is 0. The Hall–Kier alpha value is -3.44.